The van der Waals surface area contributed by atoms with Gasteiger partial charge in [0, 0.05) is 38.5 Å². The van der Waals surface area contributed by atoms with E-state index >= 15 is 0 Å². The number of likely N-dealkylation sites (tertiary alicyclic amines) is 1. The number of thioether (sulfide) groups is 1. The first-order valence-electron chi connectivity index (χ1n) is 9.44. The van der Waals surface area contributed by atoms with E-state index in [0.717, 1.165) is 12.1 Å². The van der Waals surface area contributed by atoms with Crippen molar-refractivity contribution in [3.8, 4) is 0 Å². The van der Waals surface area contributed by atoms with Crippen LogP contribution in [-0.2, 0) is 9.53 Å². The number of amides is 2. The number of piperidine rings is 1. The van der Waals surface area contributed by atoms with Crippen LogP contribution in [0.25, 0.3) is 0 Å². The van der Waals surface area contributed by atoms with E-state index in [9.17, 15) is 9.59 Å². The Kier molecular flexibility index (Phi) is 5.78. The smallest absolute Gasteiger partial charge is 0.410 e. The summed E-state index contributed by atoms with van der Waals surface area (Å²) >= 11 is 7.31. The summed E-state index contributed by atoms with van der Waals surface area (Å²) in [6.45, 7) is 6.48. The molecule has 28 heavy (non-hydrogen) atoms. The molecule has 1 unspecified atom stereocenters. The number of carbonyl (C=O) groups is 2. The minimum absolute atomic E-state index is 0.00505. The zero-order chi connectivity index (χ0) is 20.7. The lowest BCUT2D eigenvalue weighted by Gasteiger charge is -2.44. The maximum atomic E-state index is 13.2. The summed E-state index contributed by atoms with van der Waals surface area (Å²) in [7, 11) is 1.73. The number of allylic oxidation sites excluding steroid dienone is 1. The fourth-order valence-corrected chi connectivity index (χ4v) is 4.79. The van der Waals surface area contributed by atoms with Gasteiger partial charge in [-0.2, -0.15) is 0 Å². The van der Waals surface area contributed by atoms with Crippen LogP contribution in [0.15, 0.2) is 16.8 Å². The van der Waals surface area contributed by atoms with Crippen LogP contribution in [0.5, 0.6) is 0 Å². The molecule has 154 valence electrons. The van der Waals surface area contributed by atoms with Crippen molar-refractivity contribution in [3.63, 3.8) is 0 Å². The largest absolute Gasteiger partial charge is 0.444 e. The van der Waals surface area contributed by atoms with Crippen LogP contribution in [0.3, 0.4) is 0 Å². The highest BCUT2D eigenvalue weighted by atomic mass is 32.2. The van der Waals surface area contributed by atoms with Gasteiger partial charge in [-0.25, -0.2) is 4.79 Å². The lowest BCUT2D eigenvalue weighted by molar-refractivity contribution is -0.134. The number of likely N-dealkylation sites (N-methyl/N-ethyl adjacent to an activating group) is 1. The van der Waals surface area contributed by atoms with Gasteiger partial charge in [-0.3, -0.25) is 14.7 Å². The van der Waals surface area contributed by atoms with Crippen molar-refractivity contribution in [1.82, 2.24) is 14.7 Å². The summed E-state index contributed by atoms with van der Waals surface area (Å²) in [6, 6.07) is 0. The van der Waals surface area contributed by atoms with E-state index in [1.165, 1.54) is 0 Å². The SMILES string of the molecule is CSC1CC(N2C(=S)N(C)C(=O)C23CCN(C(=O)OC(C)(C)C)CC3)=CC=N1. The van der Waals surface area contributed by atoms with Crippen molar-refractivity contribution in [3.05, 3.63) is 11.8 Å². The molecule has 0 radical (unpaired) electrons. The van der Waals surface area contributed by atoms with E-state index in [-0.39, 0.29) is 17.4 Å². The molecule has 3 aliphatic rings. The van der Waals surface area contributed by atoms with Crippen molar-refractivity contribution >= 4 is 47.3 Å². The minimum Gasteiger partial charge on any atom is -0.444 e. The third kappa shape index (κ3) is 3.78. The first-order valence-corrected chi connectivity index (χ1v) is 11.1. The van der Waals surface area contributed by atoms with E-state index in [0.29, 0.717) is 31.0 Å². The van der Waals surface area contributed by atoms with Crippen LogP contribution >= 0.6 is 24.0 Å². The summed E-state index contributed by atoms with van der Waals surface area (Å²) in [6.07, 6.45) is 7.22. The molecule has 9 heteroatoms. The topological polar surface area (TPSA) is 65.5 Å². The Hall–Kier alpha value is -1.61. The van der Waals surface area contributed by atoms with Gasteiger partial charge in [0.1, 0.15) is 16.5 Å². The van der Waals surface area contributed by atoms with Crippen molar-refractivity contribution in [2.24, 2.45) is 4.99 Å². The summed E-state index contributed by atoms with van der Waals surface area (Å²) in [5.41, 5.74) is -0.255. The van der Waals surface area contributed by atoms with Crippen LogP contribution in [0.1, 0.15) is 40.0 Å². The van der Waals surface area contributed by atoms with Gasteiger partial charge < -0.3 is 14.5 Å². The molecular weight excluding hydrogens is 396 g/mol. The number of rotatable bonds is 2. The zero-order valence-electron chi connectivity index (χ0n) is 17.1. The van der Waals surface area contributed by atoms with Gasteiger partial charge in [0.25, 0.3) is 5.91 Å². The fraction of sp³-hybridized carbons (Fsp3) is 0.684. The monoisotopic (exact) mass is 424 g/mol. The van der Waals surface area contributed by atoms with E-state index < -0.39 is 11.1 Å². The van der Waals surface area contributed by atoms with Crippen LogP contribution in [0, 0.1) is 0 Å². The van der Waals surface area contributed by atoms with E-state index in [1.54, 1.807) is 34.8 Å². The highest BCUT2D eigenvalue weighted by Crippen LogP contribution is 2.41. The second-order valence-corrected chi connectivity index (χ2v) is 9.71. The molecule has 0 aromatic rings. The van der Waals surface area contributed by atoms with Gasteiger partial charge in [0.05, 0.1) is 0 Å². The first kappa shape index (κ1) is 21.1. The zero-order valence-corrected chi connectivity index (χ0v) is 18.7. The van der Waals surface area contributed by atoms with Crippen molar-refractivity contribution in [1.29, 1.82) is 0 Å². The van der Waals surface area contributed by atoms with Crippen LogP contribution in [-0.4, -0.2) is 80.9 Å². The molecule has 0 aromatic heterocycles. The molecule has 0 aliphatic carbocycles. The predicted molar refractivity (Wildman–Crippen MR) is 115 cm³/mol. The molecular formula is C19H28N4O3S2. The Balaban J connectivity index is 1.82. The number of ether oxygens (including phenoxy) is 1. The van der Waals surface area contributed by atoms with Crippen molar-refractivity contribution < 1.29 is 14.3 Å². The molecule has 1 atom stereocenters. The van der Waals surface area contributed by atoms with Crippen LogP contribution < -0.4 is 0 Å². The number of nitrogens with zero attached hydrogens (tertiary/aromatic N) is 4. The van der Waals surface area contributed by atoms with Crippen LogP contribution in [0.4, 0.5) is 4.79 Å². The van der Waals surface area contributed by atoms with E-state index in [2.05, 4.69) is 4.99 Å². The first-order chi connectivity index (χ1) is 13.1. The second-order valence-electron chi connectivity index (χ2n) is 8.33. The average molecular weight is 425 g/mol. The lowest BCUT2D eigenvalue weighted by Crippen LogP contribution is -2.57. The molecule has 1 spiro atoms. The Labute approximate surface area is 176 Å². The quantitative estimate of drug-likeness (QED) is 0.635. The average Bonchev–Trinajstić information content (AvgIpc) is 2.82. The van der Waals surface area contributed by atoms with Crippen molar-refractivity contribution in [2.45, 2.75) is 56.5 Å². The maximum Gasteiger partial charge on any atom is 0.410 e. The van der Waals surface area contributed by atoms with Gasteiger partial charge in [0.15, 0.2) is 5.11 Å². The summed E-state index contributed by atoms with van der Waals surface area (Å²) in [4.78, 5) is 35.4. The van der Waals surface area contributed by atoms with Gasteiger partial charge in [-0.05, 0) is 58.2 Å². The third-order valence-electron chi connectivity index (χ3n) is 5.31. The van der Waals surface area contributed by atoms with Crippen molar-refractivity contribution in [2.75, 3.05) is 26.4 Å². The molecule has 0 saturated carbocycles. The standard InChI is InChI=1S/C19H28N4O3S2/c1-18(2,3)26-17(25)22-10-7-19(8-11-22)15(24)21(4)16(27)23(19)13-6-9-20-14(12-13)28-5/h6,9,14H,7-8,10-12H2,1-5H3. The van der Waals surface area contributed by atoms with Gasteiger partial charge >= 0.3 is 6.09 Å². The van der Waals surface area contributed by atoms with E-state index in [1.807, 2.05) is 38.0 Å². The molecule has 7 nitrogen and oxygen atoms in total. The van der Waals surface area contributed by atoms with E-state index in [4.69, 9.17) is 17.0 Å². The second kappa shape index (κ2) is 7.67. The molecule has 2 amide bonds. The number of dihydropyridines is 1. The Morgan fingerprint density at radius 1 is 1.36 bits per heavy atom. The summed E-state index contributed by atoms with van der Waals surface area (Å²) in [5.74, 6) is 0.00505. The minimum atomic E-state index is -0.732. The molecule has 0 N–H and O–H groups in total. The number of hydrogen-bond acceptors (Lipinski definition) is 6. The Morgan fingerprint density at radius 2 is 2.00 bits per heavy atom. The number of hydrogen-bond donors (Lipinski definition) is 0. The molecule has 0 bridgehead atoms. The van der Waals surface area contributed by atoms with Gasteiger partial charge in [0.2, 0.25) is 0 Å². The van der Waals surface area contributed by atoms with Gasteiger partial charge in [-0.1, -0.05) is 0 Å². The molecule has 3 aliphatic heterocycles. The number of carbonyl (C=O) groups excluding carboxylic acids is 2. The fourth-order valence-electron chi connectivity index (χ4n) is 3.88. The maximum absolute atomic E-state index is 13.2. The Bertz CT molecular complexity index is 736. The lowest BCUT2D eigenvalue weighted by atomic mass is 9.85. The highest BCUT2D eigenvalue weighted by Gasteiger charge is 2.56. The van der Waals surface area contributed by atoms with Gasteiger partial charge in [-0.15, -0.1) is 11.8 Å². The van der Waals surface area contributed by atoms with Crippen LogP contribution in [0.2, 0.25) is 0 Å². The third-order valence-corrected chi connectivity index (χ3v) is 6.60. The predicted octanol–water partition coefficient (Wildman–Crippen LogP) is 2.86. The Morgan fingerprint density at radius 3 is 2.57 bits per heavy atom. The molecule has 0 aromatic carbocycles. The highest BCUT2D eigenvalue weighted by molar-refractivity contribution is 7.99. The summed E-state index contributed by atoms with van der Waals surface area (Å²) < 4.78 is 5.49. The molecule has 3 heterocycles. The molecule has 2 saturated heterocycles. The number of thiocarbonyl (C=S) groups is 1. The molecule has 3 rings (SSSR count). The molecule has 2 fully saturated rings. The normalized spacial score (nSPS) is 24.8. The number of aliphatic imine (C=N–C) groups is 1. The summed E-state index contributed by atoms with van der Waals surface area (Å²) in [5, 5.41) is 0.653.